The molecule has 1 aliphatic heterocycles. The first kappa shape index (κ1) is 17.5. The molecule has 0 aliphatic carbocycles. The largest absolute Gasteiger partial charge is 0.333 e. The van der Waals surface area contributed by atoms with Crippen molar-refractivity contribution in [2.24, 2.45) is 0 Å². The van der Waals surface area contributed by atoms with Crippen LogP contribution in [0.2, 0.25) is 0 Å². The van der Waals surface area contributed by atoms with Gasteiger partial charge in [0, 0.05) is 12.6 Å². The van der Waals surface area contributed by atoms with Crippen LogP contribution in [0.5, 0.6) is 0 Å². The topological polar surface area (TPSA) is 85.2 Å². The van der Waals surface area contributed by atoms with E-state index >= 15 is 0 Å². The van der Waals surface area contributed by atoms with E-state index in [1.807, 2.05) is 0 Å². The van der Waals surface area contributed by atoms with E-state index in [0.717, 1.165) is 0 Å². The van der Waals surface area contributed by atoms with Gasteiger partial charge in [-0.15, -0.1) is 5.10 Å². The minimum atomic E-state index is -3.08. The van der Waals surface area contributed by atoms with Crippen LogP contribution in [0, 0.1) is 12.7 Å². The summed E-state index contributed by atoms with van der Waals surface area (Å²) in [6.07, 6.45) is 1.92. The number of benzene rings is 1. The molecular formula is C16H19FN4O3S. The van der Waals surface area contributed by atoms with E-state index < -0.39 is 9.84 Å². The van der Waals surface area contributed by atoms with Gasteiger partial charge in [-0.3, -0.25) is 4.79 Å². The number of aryl methyl sites for hydroxylation is 1. The zero-order valence-corrected chi connectivity index (χ0v) is 14.8. The zero-order valence-electron chi connectivity index (χ0n) is 14.0. The molecule has 1 aliphatic rings. The first-order valence-corrected chi connectivity index (χ1v) is 9.83. The first-order valence-electron chi connectivity index (χ1n) is 8.01. The van der Waals surface area contributed by atoms with Gasteiger partial charge in [0.05, 0.1) is 23.4 Å². The van der Waals surface area contributed by atoms with Crippen molar-refractivity contribution < 1.29 is 17.6 Å². The van der Waals surface area contributed by atoms with E-state index in [4.69, 9.17) is 0 Å². The lowest BCUT2D eigenvalue weighted by molar-refractivity contribution is 0.0702. The van der Waals surface area contributed by atoms with Crippen LogP contribution in [0.25, 0.3) is 5.69 Å². The van der Waals surface area contributed by atoms with E-state index in [2.05, 4.69) is 10.3 Å². The van der Waals surface area contributed by atoms with Crippen molar-refractivity contribution in [3.8, 4) is 5.69 Å². The average Bonchev–Trinajstić information content (AvgIpc) is 3.15. The van der Waals surface area contributed by atoms with E-state index in [0.29, 0.717) is 24.2 Å². The summed E-state index contributed by atoms with van der Waals surface area (Å²) in [7, 11) is -3.08. The predicted octanol–water partition coefficient (Wildman–Crippen LogP) is 1.36. The Balaban J connectivity index is 1.84. The fourth-order valence-electron chi connectivity index (χ4n) is 3.09. The van der Waals surface area contributed by atoms with Crippen LogP contribution in [-0.2, 0) is 9.84 Å². The number of nitrogens with zero attached hydrogens (tertiary/aromatic N) is 4. The second-order valence-electron chi connectivity index (χ2n) is 6.13. The Morgan fingerprint density at radius 3 is 2.80 bits per heavy atom. The summed E-state index contributed by atoms with van der Waals surface area (Å²) in [4.78, 5) is 14.2. The standard InChI is InChI=1S/C16H19FN4O3S/c1-3-20(13-6-7-25(23,24)10-13)16(22)14-9-21(19-18-14)15-5-4-12(17)8-11(15)2/h4-5,8-9,13H,3,6-7,10H2,1-2H3. The van der Waals surface area contributed by atoms with Gasteiger partial charge in [0.1, 0.15) is 5.82 Å². The fraction of sp³-hybridized carbons (Fsp3) is 0.438. The molecule has 1 saturated heterocycles. The van der Waals surface area contributed by atoms with Gasteiger partial charge < -0.3 is 4.90 Å². The molecule has 1 atom stereocenters. The molecule has 1 aromatic heterocycles. The smallest absolute Gasteiger partial charge is 0.276 e. The molecule has 1 unspecified atom stereocenters. The second-order valence-corrected chi connectivity index (χ2v) is 8.36. The number of carbonyl (C=O) groups excluding carboxylic acids is 1. The van der Waals surface area contributed by atoms with Gasteiger partial charge in [0.15, 0.2) is 15.5 Å². The predicted molar refractivity (Wildman–Crippen MR) is 89.8 cm³/mol. The molecule has 3 rings (SSSR count). The van der Waals surface area contributed by atoms with E-state index in [1.165, 1.54) is 27.9 Å². The molecule has 1 amide bonds. The molecule has 0 saturated carbocycles. The quantitative estimate of drug-likeness (QED) is 0.816. The number of aromatic nitrogens is 3. The normalized spacial score (nSPS) is 19.1. The summed E-state index contributed by atoms with van der Waals surface area (Å²) in [5, 5.41) is 7.86. The Hall–Kier alpha value is -2.29. The minimum absolute atomic E-state index is 0.0161. The van der Waals surface area contributed by atoms with E-state index in [1.54, 1.807) is 19.9 Å². The second kappa shape index (κ2) is 6.55. The molecular weight excluding hydrogens is 347 g/mol. The third-order valence-electron chi connectivity index (χ3n) is 4.37. The Morgan fingerprint density at radius 1 is 1.44 bits per heavy atom. The number of hydrogen-bond donors (Lipinski definition) is 0. The monoisotopic (exact) mass is 366 g/mol. The average molecular weight is 366 g/mol. The van der Waals surface area contributed by atoms with Crippen molar-refractivity contribution in [1.82, 2.24) is 19.9 Å². The van der Waals surface area contributed by atoms with Gasteiger partial charge in [-0.25, -0.2) is 17.5 Å². The number of sulfone groups is 1. The molecule has 0 N–H and O–H groups in total. The fourth-order valence-corrected chi connectivity index (χ4v) is 4.82. The van der Waals surface area contributed by atoms with Crippen molar-refractivity contribution in [1.29, 1.82) is 0 Å². The van der Waals surface area contributed by atoms with Crippen molar-refractivity contribution >= 4 is 15.7 Å². The highest BCUT2D eigenvalue weighted by atomic mass is 32.2. The maximum absolute atomic E-state index is 13.2. The maximum Gasteiger partial charge on any atom is 0.276 e. The molecule has 0 radical (unpaired) electrons. The van der Waals surface area contributed by atoms with Gasteiger partial charge in [0.2, 0.25) is 0 Å². The van der Waals surface area contributed by atoms with Crippen LogP contribution < -0.4 is 0 Å². The summed E-state index contributed by atoms with van der Waals surface area (Å²) in [6.45, 7) is 3.93. The van der Waals surface area contributed by atoms with Gasteiger partial charge in [-0.2, -0.15) is 0 Å². The van der Waals surface area contributed by atoms with E-state index in [9.17, 15) is 17.6 Å². The maximum atomic E-state index is 13.2. The highest BCUT2D eigenvalue weighted by molar-refractivity contribution is 7.91. The van der Waals surface area contributed by atoms with Crippen LogP contribution in [0.3, 0.4) is 0 Å². The molecule has 2 aromatic rings. The van der Waals surface area contributed by atoms with Crippen LogP contribution in [-0.4, -0.2) is 58.3 Å². The Bertz CT molecular complexity index is 910. The lowest BCUT2D eigenvalue weighted by atomic mass is 10.2. The first-order chi connectivity index (χ1) is 11.8. The van der Waals surface area contributed by atoms with Crippen molar-refractivity contribution in [3.63, 3.8) is 0 Å². The Morgan fingerprint density at radius 2 is 2.20 bits per heavy atom. The molecule has 1 fully saturated rings. The summed E-state index contributed by atoms with van der Waals surface area (Å²) < 4.78 is 38.0. The lowest BCUT2D eigenvalue weighted by Crippen LogP contribution is -2.41. The number of hydrogen-bond acceptors (Lipinski definition) is 5. The molecule has 2 heterocycles. The molecule has 9 heteroatoms. The van der Waals surface area contributed by atoms with Gasteiger partial charge in [-0.1, -0.05) is 5.21 Å². The summed E-state index contributed by atoms with van der Waals surface area (Å²) in [6, 6.07) is 3.92. The number of halogens is 1. The molecule has 0 spiro atoms. The van der Waals surface area contributed by atoms with Gasteiger partial charge in [0.25, 0.3) is 5.91 Å². The Labute approximate surface area is 145 Å². The number of rotatable bonds is 4. The summed E-state index contributed by atoms with van der Waals surface area (Å²) >= 11 is 0. The highest BCUT2D eigenvalue weighted by Crippen LogP contribution is 2.20. The summed E-state index contributed by atoms with van der Waals surface area (Å²) in [5.41, 5.74) is 1.42. The van der Waals surface area contributed by atoms with Crippen LogP contribution >= 0.6 is 0 Å². The lowest BCUT2D eigenvalue weighted by Gasteiger charge is -2.25. The number of amides is 1. The number of carbonyl (C=O) groups is 1. The van der Waals surface area contributed by atoms with Gasteiger partial charge in [-0.05, 0) is 44.0 Å². The third kappa shape index (κ3) is 3.55. The molecule has 134 valence electrons. The van der Waals surface area contributed by atoms with E-state index in [-0.39, 0.29) is 35.0 Å². The third-order valence-corrected chi connectivity index (χ3v) is 6.12. The molecule has 1 aromatic carbocycles. The Kier molecular flexibility index (Phi) is 4.59. The SMILES string of the molecule is CCN(C(=O)c1cn(-c2ccc(F)cc2C)nn1)C1CCS(=O)(=O)C1. The van der Waals surface area contributed by atoms with Crippen molar-refractivity contribution in [2.45, 2.75) is 26.3 Å². The summed E-state index contributed by atoms with van der Waals surface area (Å²) in [5.74, 6) is -0.617. The van der Waals surface area contributed by atoms with Crippen LogP contribution in [0.1, 0.15) is 29.4 Å². The molecule has 0 bridgehead atoms. The van der Waals surface area contributed by atoms with Gasteiger partial charge >= 0.3 is 0 Å². The van der Waals surface area contributed by atoms with Crippen molar-refractivity contribution in [2.75, 3.05) is 18.1 Å². The minimum Gasteiger partial charge on any atom is -0.333 e. The van der Waals surface area contributed by atoms with Crippen molar-refractivity contribution in [3.05, 3.63) is 41.5 Å². The highest BCUT2D eigenvalue weighted by Gasteiger charge is 2.35. The molecule has 25 heavy (non-hydrogen) atoms. The van der Waals surface area contributed by atoms with Crippen LogP contribution in [0.15, 0.2) is 24.4 Å². The zero-order chi connectivity index (χ0) is 18.2. The molecule has 7 nitrogen and oxygen atoms in total. The van der Waals surface area contributed by atoms with Crippen LogP contribution in [0.4, 0.5) is 4.39 Å².